The lowest BCUT2D eigenvalue weighted by molar-refractivity contribution is 0.202. The summed E-state index contributed by atoms with van der Waals surface area (Å²) in [6, 6.07) is -0.768. The Hall–Kier alpha value is -0.880. The molecular formula is C3H7ClN4O2. The zero-order valence-corrected chi connectivity index (χ0v) is 5.84. The summed E-state index contributed by atoms with van der Waals surface area (Å²) in [6.07, 6.45) is 0. The summed E-state index contributed by atoms with van der Waals surface area (Å²) in [5, 5.41) is 2.95. The van der Waals surface area contributed by atoms with Gasteiger partial charge in [0.1, 0.15) is 0 Å². The summed E-state index contributed by atoms with van der Waals surface area (Å²) >= 11 is 5.21. The van der Waals surface area contributed by atoms with E-state index in [2.05, 4.69) is 5.29 Å². The van der Waals surface area contributed by atoms with E-state index in [-0.39, 0.29) is 12.4 Å². The summed E-state index contributed by atoms with van der Waals surface area (Å²) in [6.45, 7) is 0.0497. The van der Waals surface area contributed by atoms with Crippen LogP contribution in [-0.4, -0.2) is 23.5 Å². The number of carbonyl (C=O) groups is 1. The fourth-order valence-corrected chi connectivity index (χ4v) is 0.494. The Bertz CT molecular complexity index is 130. The van der Waals surface area contributed by atoms with Crippen molar-refractivity contribution in [1.29, 1.82) is 0 Å². The zero-order valence-electron chi connectivity index (χ0n) is 5.08. The number of nitrogens with two attached hydrogens (primary N) is 1. The molecule has 0 heterocycles. The molecule has 0 atom stereocenters. The average molecular weight is 167 g/mol. The van der Waals surface area contributed by atoms with Crippen LogP contribution in [0.3, 0.4) is 0 Å². The van der Waals surface area contributed by atoms with Crippen LogP contribution in [0.1, 0.15) is 0 Å². The van der Waals surface area contributed by atoms with Crippen molar-refractivity contribution < 1.29 is 4.79 Å². The van der Waals surface area contributed by atoms with Crippen molar-refractivity contribution >= 4 is 17.6 Å². The number of nitrogens with one attached hydrogen (secondary N) is 1. The van der Waals surface area contributed by atoms with Gasteiger partial charge in [-0.1, -0.05) is 0 Å². The molecule has 0 saturated heterocycles. The van der Waals surface area contributed by atoms with Crippen molar-refractivity contribution in [3.63, 3.8) is 0 Å². The van der Waals surface area contributed by atoms with Crippen LogP contribution in [0, 0.1) is 4.91 Å². The molecule has 0 aromatic heterocycles. The highest BCUT2D eigenvalue weighted by Gasteiger charge is 2.09. The second-order valence-corrected chi connectivity index (χ2v) is 1.72. The predicted octanol–water partition coefficient (Wildman–Crippen LogP) is -0.208. The molecule has 0 spiro atoms. The SMILES string of the molecule is NNC(=O)N(CCCl)N=O. The van der Waals surface area contributed by atoms with E-state index in [1.807, 2.05) is 0 Å². The fourth-order valence-electron chi connectivity index (χ4n) is 0.334. The van der Waals surface area contributed by atoms with Crippen molar-refractivity contribution in [2.75, 3.05) is 12.4 Å². The first kappa shape index (κ1) is 9.12. The third-order valence-corrected chi connectivity index (χ3v) is 0.922. The Morgan fingerprint density at radius 1 is 1.80 bits per heavy atom. The number of alkyl halides is 1. The molecule has 0 aromatic rings. The maximum absolute atomic E-state index is 10.5. The molecule has 0 fully saturated rings. The monoisotopic (exact) mass is 166 g/mol. The third-order valence-electron chi connectivity index (χ3n) is 0.753. The van der Waals surface area contributed by atoms with Crippen molar-refractivity contribution in [1.82, 2.24) is 10.4 Å². The first-order valence-corrected chi connectivity index (χ1v) is 2.97. The highest BCUT2D eigenvalue weighted by molar-refractivity contribution is 6.18. The fraction of sp³-hybridized carbons (Fsp3) is 0.667. The van der Waals surface area contributed by atoms with E-state index in [9.17, 15) is 9.70 Å². The van der Waals surface area contributed by atoms with Gasteiger partial charge in [-0.3, -0.25) is 5.43 Å². The van der Waals surface area contributed by atoms with Gasteiger partial charge in [-0.25, -0.2) is 10.6 Å². The number of hydrogen-bond acceptors (Lipinski definition) is 4. The van der Waals surface area contributed by atoms with Crippen LogP contribution in [0.4, 0.5) is 4.79 Å². The molecule has 0 aliphatic heterocycles. The molecule has 0 bridgehead atoms. The quantitative estimate of drug-likeness (QED) is 0.200. The summed E-state index contributed by atoms with van der Waals surface area (Å²) in [7, 11) is 0. The van der Waals surface area contributed by atoms with Crippen molar-refractivity contribution in [3.8, 4) is 0 Å². The Labute approximate surface area is 62.2 Å². The number of nitroso groups, excluding NO2 is 1. The maximum Gasteiger partial charge on any atom is 0.354 e. The van der Waals surface area contributed by atoms with Gasteiger partial charge in [0, 0.05) is 5.88 Å². The van der Waals surface area contributed by atoms with Crippen LogP contribution in [-0.2, 0) is 0 Å². The van der Waals surface area contributed by atoms with Crippen LogP contribution >= 0.6 is 11.6 Å². The summed E-state index contributed by atoms with van der Waals surface area (Å²) in [5.74, 6) is 4.83. The molecule has 10 heavy (non-hydrogen) atoms. The summed E-state index contributed by atoms with van der Waals surface area (Å²) < 4.78 is 0. The minimum absolute atomic E-state index is 0.0497. The largest absolute Gasteiger partial charge is 0.354 e. The molecule has 0 rings (SSSR count). The number of hydrazine groups is 1. The molecule has 0 aliphatic rings. The first-order chi connectivity index (χ1) is 4.76. The molecular weight excluding hydrogens is 160 g/mol. The van der Waals surface area contributed by atoms with E-state index >= 15 is 0 Å². The minimum Gasteiger partial charge on any atom is -0.274 e. The van der Waals surface area contributed by atoms with Gasteiger partial charge in [0.2, 0.25) is 0 Å². The highest BCUT2D eigenvalue weighted by atomic mass is 35.5. The number of hydrogen-bond donors (Lipinski definition) is 2. The Balaban J connectivity index is 3.80. The Morgan fingerprint density at radius 3 is 2.70 bits per heavy atom. The number of carbonyl (C=O) groups excluding carboxylic acids is 1. The van der Waals surface area contributed by atoms with Crippen LogP contribution in [0.25, 0.3) is 0 Å². The lowest BCUT2D eigenvalue weighted by Gasteiger charge is -2.08. The van der Waals surface area contributed by atoms with Gasteiger partial charge < -0.3 is 0 Å². The van der Waals surface area contributed by atoms with E-state index in [1.165, 1.54) is 0 Å². The van der Waals surface area contributed by atoms with Crippen LogP contribution < -0.4 is 11.3 Å². The average Bonchev–Trinajstić information content (AvgIpc) is 1.99. The molecule has 6 nitrogen and oxygen atoms in total. The smallest absolute Gasteiger partial charge is 0.274 e. The highest BCUT2D eigenvalue weighted by Crippen LogP contribution is 1.89. The van der Waals surface area contributed by atoms with Crippen molar-refractivity contribution in [2.45, 2.75) is 0 Å². The van der Waals surface area contributed by atoms with E-state index in [1.54, 1.807) is 5.43 Å². The first-order valence-electron chi connectivity index (χ1n) is 2.43. The summed E-state index contributed by atoms with van der Waals surface area (Å²) in [4.78, 5) is 20.3. The molecule has 7 heteroatoms. The van der Waals surface area contributed by atoms with Gasteiger partial charge in [-0.2, -0.15) is 5.01 Å². The lowest BCUT2D eigenvalue weighted by Crippen LogP contribution is -2.41. The minimum atomic E-state index is -0.768. The molecule has 0 saturated carbocycles. The zero-order chi connectivity index (χ0) is 7.98. The van der Waals surface area contributed by atoms with Gasteiger partial charge >= 0.3 is 6.03 Å². The molecule has 2 amide bonds. The standard InChI is InChI=1S/C3H7ClN4O2/c4-1-2-8(7-10)3(9)6-5/h1-2,5H2,(H,6,9). The second kappa shape index (κ2) is 4.95. The van der Waals surface area contributed by atoms with Gasteiger partial charge in [-0.15, -0.1) is 16.5 Å². The normalized spacial score (nSPS) is 8.60. The summed E-state index contributed by atoms with van der Waals surface area (Å²) in [5.41, 5.74) is 1.74. The number of rotatable bonds is 3. The van der Waals surface area contributed by atoms with Crippen LogP contribution in [0.2, 0.25) is 0 Å². The third kappa shape index (κ3) is 2.60. The van der Waals surface area contributed by atoms with Gasteiger partial charge in [0.15, 0.2) is 0 Å². The van der Waals surface area contributed by atoms with Gasteiger partial charge in [0.25, 0.3) is 0 Å². The van der Waals surface area contributed by atoms with Crippen LogP contribution in [0.5, 0.6) is 0 Å². The number of amides is 2. The lowest BCUT2D eigenvalue weighted by atomic mass is 10.7. The molecule has 3 N–H and O–H groups in total. The van der Waals surface area contributed by atoms with Crippen molar-refractivity contribution in [3.05, 3.63) is 4.91 Å². The Kier molecular flexibility index (Phi) is 4.51. The number of nitrogens with zero attached hydrogens (tertiary/aromatic N) is 2. The molecule has 0 aliphatic carbocycles. The van der Waals surface area contributed by atoms with E-state index in [0.717, 1.165) is 0 Å². The second-order valence-electron chi connectivity index (χ2n) is 1.34. The number of urea groups is 1. The van der Waals surface area contributed by atoms with Gasteiger partial charge in [-0.05, 0) is 0 Å². The van der Waals surface area contributed by atoms with E-state index in [4.69, 9.17) is 17.4 Å². The predicted molar refractivity (Wildman–Crippen MR) is 35.9 cm³/mol. The molecule has 58 valence electrons. The van der Waals surface area contributed by atoms with Crippen LogP contribution in [0.15, 0.2) is 5.29 Å². The number of halogens is 1. The van der Waals surface area contributed by atoms with E-state index < -0.39 is 6.03 Å². The Morgan fingerprint density at radius 2 is 2.40 bits per heavy atom. The van der Waals surface area contributed by atoms with Gasteiger partial charge in [0.05, 0.1) is 11.8 Å². The van der Waals surface area contributed by atoms with Crippen molar-refractivity contribution in [2.24, 2.45) is 11.1 Å². The molecule has 0 aromatic carbocycles. The molecule has 0 radical (unpaired) electrons. The maximum atomic E-state index is 10.5. The molecule has 0 unspecified atom stereocenters. The topological polar surface area (TPSA) is 87.8 Å². The van der Waals surface area contributed by atoms with E-state index in [0.29, 0.717) is 5.01 Å².